The molecule has 2 aromatic rings. The molecule has 0 radical (unpaired) electrons. The number of rotatable bonds is 7. The molecule has 2 aromatic carbocycles. The van der Waals surface area contributed by atoms with E-state index in [1.165, 1.54) is 19.2 Å². The highest BCUT2D eigenvalue weighted by Gasteiger charge is 2.23. The van der Waals surface area contributed by atoms with E-state index in [2.05, 4.69) is 0 Å². The quantitative estimate of drug-likeness (QED) is 0.379. The normalized spacial score (nSPS) is 11.7. The van der Waals surface area contributed by atoms with E-state index in [1.807, 2.05) is 6.92 Å². The molecule has 0 aliphatic rings. The number of nitro benzene ring substituents is 1. The maximum atomic E-state index is 12.1. The lowest BCUT2D eigenvalue weighted by Crippen LogP contribution is -2.08. The predicted octanol–water partition coefficient (Wildman–Crippen LogP) is 4.84. The van der Waals surface area contributed by atoms with E-state index in [0.717, 1.165) is 5.57 Å². The number of hydrogen-bond acceptors (Lipinski definition) is 6. The van der Waals surface area contributed by atoms with E-state index < -0.39 is 10.9 Å². The number of methoxy groups -OCH3 is 1. The Labute approximate surface area is 161 Å². The monoisotopic (exact) mass is 393 g/mol. The molecule has 0 amide bonds. The minimum absolute atomic E-state index is 0.113. The highest BCUT2D eigenvalue weighted by atomic mass is 35.5. The molecule has 8 heteroatoms. The van der Waals surface area contributed by atoms with E-state index in [0.29, 0.717) is 27.3 Å². The molecule has 7 nitrogen and oxygen atoms in total. The topological polar surface area (TPSA) is 87.9 Å². The van der Waals surface area contributed by atoms with Crippen LogP contribution in [0, 0.1) is 10.1 Å². The van der Waals surface area contributed by atoms with Crippen LogP contribution in [0.5, 0.6) is 11.5 Å². The van der Waals surface area contributed by atoms with E-state index >= 15 is 0 Å². The van der Waals surface area contributed by atoms with Gasteiger partial charge in [-0.3, -0.25) is 10.1 Å². The number of benzene rings is 2. The van der Waals surface area contributed by atoms with Crippen molar-refractivity contribution in [1.82, 2.24) is 0 Å². The van der Waals surface area contributed by atoms with E-state index in [4.69, 9.17) is 25.8 Å². The van der Waals surface area contributed by atoms with Crippen LogP contribution in [0.2, 0.25) is 0 Å². The van der Waals surface area contributed by atoms with Gasteiger partial charge >= 0.3 is 5.97 Å². The largest absolute Gasteiger partial charge is 0.493 e. The third-order valence-electron chi connectivity index (χ3n) is 3.96. The van der Waals surface area contributed by atoms with Crippen LogP contribution in [-0.2, 0) is 4.74 Å². The molecule has 0 saturated carbocycles. The third kappa shape index (κ3) is 4.68. The Morgan fingerprint density at radius 1 is 1.15 bits per heavy atom. The van der Waals surface area contributed by atoms with Crippen molar-refractivity contribution in [3.8, 4) is 11.5 Å². The lowest BCUT2D eigenvalue weighted by molar-refractivity contribution is -0.385. The van der Waals surface area contributed by atoms with Crippen molar-refractivity contribution < 1.29 is 23.9 Å². The number of hydrogen-bond donors (Lipinski definition) is 0. The first-order valence-corrected chi connectivity index (χ1v) is 8.58. The molecule has 0 saturated heterocycles. The molecule has 0 aliphatic heterocycles. The minimum Gasteiger partial charge on any atom is -0.493 e. The van der Waals surface area contributed by atoms with Crippen LogP contribution >= 0.6 is 11.6 Å². The molecule has 0 spiro atoms. The van der Waals surface area contributed by atoms with Gasteiger partial charge in [-0.1, -0.05) is 11.6 Å². The van der Waals surface area contributed by atoms with Crippen LogP contribution in [0.15, 0.2) is 34.9 Å². The molecule has 0 heterocycles. The van der Waals surface area contributed by atoms with Crippen LogP contribution in [0.25, 0.3) is 10.8 Å². The fourth-order valence-corrected chi connectivity index (χ4v) is 2.43. The molecular formula is C19H20ClNO6. The lowest BCUT2D eigenvalue weighted by atomic mass is 10.0. The summed E-state index contributed by atoms with van der Waals surface area (Å²) >= 11 is 5.95. The minimum atomic E-state index is -0.749. The van der Waals surface area contributed by atoms with Crippen LogP contribution in [0.4, 0.5) is 5.69 Å². The number of allylic oxidation sites excluding steroid dienone is 1. The number of nitro groups is 1. The molecule has 0 fully saturated rings. The Hall–Kier alpha value is -2.80. The van der Waals surface area contributed by atoms with Gasteiger partial charge in [0.15, 0.2) is 11.5 Å². The second-order valence-electron chi connectivity index (χ2n) is 5.80. The fourth-order valence-electron chi connectivity index (χ4n) is 2.38. The standard InChI is InChI=1S/C19H20ClNO6/c1-5-26-19(22)15-6-13-9-18(27-10-11(2)12(3)20)17(25-4)8-14(13)7-16(15)21(23)24/h6-9H,5,10H2,1-4H3/b12-11-. The number of halogens is 1. The Balaban J connectivity index is 2.57. The summed E-state index contributed by atoms with van der Waals surface area (Å²) in [5.74, 6) is 0.104. The van der Waals surface area contributed by atoms with Crippen LogP contribution in [-0.4, -0.2) is 31.2 Å². The van der Waals surface area contributed by atoms with Gasteiger partial charge in [0.2, 0.25) is 0 Å². The number of ether oxygens (including phenoxy) is 3. The average Bonchev–Trinajstić information content (AvgIpc) is 2.63. The van der Waals surface area contributed by atoms with Crippen LogP contribution < -0.4 is 9.47 Å². The summed E-state index contributed by atoms with van der Waals surface area (Å²) < 4.78 is 16.0. The van der Waals surface area contributed by atoms with E-state index in [9.17, 15) is 14.9 Å². The number of esters is 1. The number of nitrogens with zero attached hydrogens (tertiary/aromatic N) is 1. The van der Waals surface area contributed by atoms with Gasteiger partial charge in [-0.2, -0.15) is 0 Å². The maximum Gasteiger partial charge on any atom is 0.345 e. The highest BCUT2D eigenvalue weighted by Crippen LogP contribution is 2.36. The Morgan fingerprint density at radius 2 is 1.78 bits per heavy atom. The highest BCUT2D eigenvalue weighted by molar-refractivity contribution is 6.29. The number of fused-ring (bicyclic) bond motifs is 1. The van der Waals surface area contributed by atoms with E-state index in [-0.39, 0.29) is 24.5 Å². The van der Waals surface area contributed by atoms with Crippen LogP contribution in [0.1, 0.15) is 31.1 Å². The third-order valence-corrected chi connectivity index (χ3v) is 4.28. The molecular weight excluding hydrogens is 374 g/mol. The Morgan fingerprint density at radius 3 is 2.33 bits per heavy atom. The summed E-state index contributed by atoms with van der Waals surface area (Å²) in [4.78, 5) is 22.9. The van der Waals surface area contributed by atoms with Gasteiger partial charge in [-0.15, -0.1) is 0 Å². The van der Waals surface area contributed by atoms with Crippen molar-refractivity contribution in [1.29, 1.82) is 0 Å². The summed E-state index contributed by atoms with van der Waals surface area (Å²) in [6, 6.07) is 6.03. The van der Waals surface area contributed by atoms with Crippen molar-refractivity contribution in [2.45, 2.75) is 20.8 Å². The number of carbonyl (C=O) groups excluding carboxylic acids is 1. The smallest absolute Gasteiger partial charge is 0.345 e. The Kier molecular flexibility index (Phi) is 6.63. The Bertz CT molecular complexity index is 918. The maximum absolute atomic E-state index is 12.1. The second-order valence-corrected chi connectivity index (χ2v) is 6.37. The van der Waals surface area contributed by atoms with Gasteiger partial charge in [0.25, 0.3) is 5.69 Å². The van der Waals surface area contributed by atoms with Gasteiger partial charge in [-0.25, -0.2) is 4.79 Å². The van der Waals surface area contributed by atoms with Gasteiger partial charge in [0.05, 0.1) is 18.6 Å². The number of carbonyl (C=O) groups is 1. The summed E-state index contributed by atoms with van der Waals surface area (Å²) in [5, 5.41) is 13.1. The van der Waals surface area contributed by atoms with Gasteiger partial charge in [0, 0.05) is 11.1 Å². The van der Waals surface area contributed by atoms with Crippen molar-refractivity contribution in [3.63, 3.8) is 0 Å². The molecule has 0 N–H and O–H groups in total. The van der Waals surface area contributed by atoms with Gasteiger partial charge in [0.1, 0.15) is 12.2 Å². The summed E-state index contributed by atoms with van der Waals surface area (Å²) in [6.45, 7) is 5.63. The summed E-state index contributed by atoms with van der Waals surface area (Å²) in [6.07, 6.45) is 0. The molecule has 0 aromatic heterocycles. The second kappa shape index (κ2) is 8.73. The summed E-state index contributed by atoms with van der Waals surface area (Å²) in [7, 11) is 1.48. The first-order chi connectivity index (χ1) is 12.8. The molecule has 2 rings (SSSR count). The van der Waals surface area contributed by atoms with Crippen molar-refractivity contribution >= 4 is 34.0 Å². The first kappa shape index (κ1) is 20.5. The zero-order valence-electron chi connectivity index (χ0n) is 15.5. The van der Waals surface area contributed by atoms with Gasteiger partial charge < -0.3 is 14.2 Å². The van der Waals surface area contributed by atoms with Crippen molar-refractivity contribution in [3.05, 3.63) is 50.5 Å². The first-order valence-electron chi connectivity index (χ1n) is 8.20. The van der Waals surface area contributed by atoms with E-state index in [1.54, 1.807) is 26.0 Å². The zero-order chi connectivity index (χ0) is 20.1. The molecule has 0 unspecified atom stereocenters. The van der Waals surface area contributed by atoms with Crippen LogP contribution in [0.3, 0.4) is 0 Å². The van der Waals surface area contributed by atoms with Crippen molar-refractivity contribution in [2.24, 2.45) is 0 Å². The summed E-state index contributed by atoms with van der Waals surface area (Å²) in [5.41, 5.74) is 0.418. The SMILES string of the molecule is CCOC(=O)c1cc2cc(OC/C(C)=C(/C)Cl)c(OC)cc2cc1[N+](=O)[O-]. The van der Waals surface area contributed by atoms with Gasteiger partial charge in [-0.05, 0) is 55.3 Å². The average molecular weight is 394 g/mol. The zero-order valence-corrected chi connectivity index (χ0v) is 16.3. The fraction of sp³-hybridized carbons (Fsp3) is 0.316. The molecule has 0 bridgehead atoms. The molecule has 0 atom stereocenters. The van der Waals surface area contributed by atoms with Crippen molar-refractivity contribution in [2.75, 3.05) is 20.3 Å². The predicted molar refractivity (Wildman–Crippen MR) is 103 cm³/mol. The molecule has 27 heavy (non-hydrogen) atoms. The molecule has 144 valence electrons. The molecule has 0 aliphatic carbocycles. The lowest BCUT2D eigenvalue weighted by Gasteiger charge is -2.13.